The first-order valence-electron chi connectivity index (χ1n) is 7.65. The van der Waals surface area contributed by atoms with Gasteiger partial charge in [0.15, 0.2) is 0 Å². The number of nitrogens with two attached hydrogens (primary N) is 1. The second-order valence-electron chi connectivity index (χ2n) is 6.12. The fraction of sp³-hybridized carbons (Fsp3) is 0.278. The van der Waals surface area contributed by atoms with Crippen LogP contribution < -0.4 is 10.6 Å². The first-order valence-corrected chi connectivity index (χ1v) is 7.65. The van der Waals surface area contributed by atoms with Crippen molar-refractivity contribution in [1.29, 1.82) is 0 Å². The minimum atomic E-state index is -0.571. The van der Waals surface area contributed by atoms with Crippen LogP contribution in [0.15, 0.2) is 36.4 Å². The van der Waals surface area contributed by atoms with Gasteiger partial charge in [-0.05, 0) is 42.2 Å². The molecule has 0 spiro atoms. The molecule has 0 fully saturated rings. The number of hydrogen-bond acceptors (Lipinski definition) is 4. The predicted octanol–water partition coefficient (Wildman–Crippen LogP) is 3.89. The van der Waals surface area contributed by atoms with E-state index in [9.17, 15) is 14.9 Å². The molecule has 0 atom stereocenters. The number of anilines is 2. The Labute approximate surface area is 141 Å². The van der Waals surface area contributed by atoms with Gasteiger partial charge < -0.3 is 10.6 Å². The molecule has 1 amide bonds. The topological polar surface area (TPSA) is 89.5 Å². The molecule has 0 aromatic heterocycles. The second-order valence-corrected chi connectivity index (χ2v) is 6.12. The molecule has 126 valence electrons. The van der Waals surface area contributed by atoms with E-state index in [-0.39, 0.29) is 22.8 Å². The Balaban J connectivity index is 2.45. The number of carbonyl (C=O) groups excluding carboxylic acids is 1. The third-order valence-electron chi connectivity index (χ3n) is 3.96. The van der Waals surface area contributed by atoms with E-state index >= 15 is 0 Å². The third kappa shape index (κ3) is 3.37. The van der Waals surface area contributed by atoms with E-state index in [1.807, 2.05) is 24.3 Å². The summed E-state index contributed by atoms with van der Waals surface area (Å²) in [6, 6.07) is 10.6. The zero-order valence-corrected chi connectivity index (χ0v) is 14.2. The van der Waals surface area contributed by atoms with Crippen molar-refractivity contribution in [2.75, 3.05) is 17.7 Å². The van der Waals surface area contributed by atoms with Gasteiger partial charge in [-0.2, -0.15) is 0 Å². The number of amides is 1. The zero-order chi connectivity index (χ0) is 18.0. The lowest BCUT2D eigenvalue weighted by molar-refractivity contribution is -0.384. The van der Waals surface area contributed by atoms with E-state index in [1.54, 1.807) is 20.0 Å². The van der Waals surface area contributed by atoms with Crippen LogP contribution in [0.5, 0.6) is 0 Å². The minimum absolute atomic E-state index is 0.109. The number of nitro groups is 1. The van der Waals surface area contributed by atoms with Crippen molar-refractivity contribution in [3.05, 3.63) is 63.2 Å². The number of carbonyl (C=O) groups is 1. The maximum absolute atomic E-state index is 12.8. The van der Waals surface area contributed by atoms with Crippen molar-refractivity contribution in [3.63, 3.8) is 0 Å². The van der Waals surface area contributed by atoms with E-state index in [0.29, 0.717) is 11.5 Å². The fourth-order valence-electron chi connectivity index (χ4n) is 2.50. The molecule has 2 N–H and O–H groups in total. The molecule has 2 aromatic rings. The van der Waals surface area contributed by atoms with Crippen LogP contribution in [-0.4, -0.2) is 17.9 Å². The Morgan fingerprint density at radius 1 is 1.25 bits per heavy atom. The standard InChI is InChI=1S/C18H21N3O3/c1-11(2)13-6-5-7-14(10-13)20(4)18(22)15-8-12(3)9-16(17(15)19)21(23)24/h5-11H,19H2,1-4H3. The second kappa shape index (κ2) is 6.70. The molecule has 0 aliphatic rings. The minimum Gasteiger partial charge on any atom is -0.393 e. The van der Waals surface area contributed by atoms with Crippen LogP contribution in [0.25, 0.3) is 0 Å². The Morgan fingerprint density at radius 2 is 1.92 bits per heavy atom. The lowest BCUT2D eigenvalue weighted by Gasteiger charge is -2.20. The molecule has 6 nitrogen and oxygen atoms in total. The van der Waals surface area contributed by atoms with Gasteiger partial charge in [-0.1, -0.05) is 26.0 Å². The van der Waals surface area contributed by atoms with E-state index in [0.717, 1.165) is 11.3 Å². The lowest BCUT2D eigenvalue weighted by Crippen LogP contribution is -2.27. The molecule has 0 bridgehead atoms. The molecule has 0 heterocycles. The van der Waals surface area contributed by atoms with Crippen LogP contribution in [0.3, 0.4) is 0 Å². The summed E-state index contributed by atoms with van der Waals surface area (Å²) < 4.78 is 0. The molecule has 6 heteroatoms. The summed E-state index contributed by atoms with van der Waals surface area (Å²) in [5.74, 6) is -0.0428. The number of nitrogens with zero attached hydrogens (tertiary/aromatic N) is 2. The van der Waals surface area contributed by atoms with Crippen LogP contribution in [0.4, 0.5) is 17.1 Å². The van der Waals surface area contributed by atoms with Crippen molar-refractivity contribution in [1.82, 2.24) is 0 Å². The van der Waals surface area contributed by atoms with Crippen LogP contribution in [0.2, 0.25) is 0 Å². The highest BCUT2D eigenvalue weighted by Crippen LogP contribution is 2.29. The van der Waals surface area contributed by atoms with Crippen molar-refractivity contribution in [2.24, 2.45) is 0 Å². The summed E-state index contributed by atoms with van der Waals surface area (Å²) in [4.78, 5) is 24.8. The Kier molecular flexibility index (Phi) is 4.87. The van der Waals surface area contributed by atoms with Gasteiger partial charge in [0, 0.05) is 18.8 Å². The van der Waals surface area contributed by atoms with Gasteiger partial charge in [0.2, 0.25) is 0 Å². The summed E-state index contributed by atoms with van der Waals surface area (Å²) in [5, 5.41) is 11.1. The molecule has 0 aliphatic heterocycles. The van der Waals surface area contributed by atoms with E-state index in [2.05, 4.69) is 13.8 Å². The SMILES string of the molecule is Cc1cc(C(=O)N(C)c2cccc(C(C)C)c2)c(N)c([N+](=O)[O-])c1. The van der Waals surface area contributed by atoms with Crippen LogP contribution >= 0.6 is 0 Å². The van der Waals surface area contributed by atoms with Crippen LogP contribution in [0, 0.1) is 17.0 Å². The van der Waals surface area contributed by atoms with Gasteiger partial charge in [0.05, 0.1) is 10.5 Å². The summed E-state index contributed by atoms with van der Waals surface area (Å²) in [6.07, 6.45) is 0. The Morgan fingerprint density at radius 3 is 2.50 bits per heavy atom. The van der Waals surface area contributed by atoms with Crippen molar-refractivity contribution < 1.29 is 9.72 Å². The average Bonchev–Trinajstić information content (AvgIpc) is 2.55. The monoisotopic (exact) mass is 327 g/mol. The quantitative estimate of drug-likeness (QED) is 0.524. The fourth-order valence-corrected chi connectivity index (χ4v) is 2.50. The maximum atomic E-state index is 12.8. The normalized spacial score (nSPS) is 10.7. The number of nitrogen functional groups attached to an aromatic ring is 1. The molecule has 0 saturated carbocycles. The van der Waals surface area contributed by atoms with E-state index in [1.165, 1.54) is 11.0 Å². The first kappa shape index (κ1) is 17.5. The summed E-state index contributed by atoms with van der Waals surface area (Å²) in [6.45, 7) is 5.84. The summed E-state index contributed by atoms with van der Waals surface area (Å²) in [5.41, 5.74) is 8.08. The van der Waals surface area contributed by atoms with E-state index < -0.39 is 4.92 Å². The average molecular weight is 327 g/mol. The molecule has 0 radical (unpaired) electrons. The van der Waals surface area contributed by atoms with Gasteiger partial charge in [-0.3, -0.25) is 14.9 Å². The summed E-state index contributed by atoms with van der Waals surface area (Å²) >= 11 is 0. The molecule has 0 saturated heterocycles. The van der Waals surface area contributed by atoms with Crippen LogP contribution in [0.1, 0.15) is 41.3 Å². The highest BCUT2D eigenvalue weighted by molar-refractivity contribution is 6.10. The van der Waals surface area contributed by atoms with Gasteiger partial charge in [0.25, 0.3) is 11.6 Å². The Bertz CT molecular complexity index is 800. The van der Waals surface area contributed by atoms with Crippen LogP contribution in [-0.2, 0) is 0 Å². The van der Waals surface area contributed by atoms with Crippen molar-refractivity contribution in [2.45, 2.75) is 26.7 Å². The molecular formula is C18H21N3O3. The third-order valence-corrected chi connectivity index (χ3v) is 3.96. The lowest BCUT2D eigenvalue weighted by atomic mass is 10.0. The number of aryl methyl sites for hydroxylation is 1. The Hall–Kier alpha value is -2.89. The molecule has 2 aromatic carbocycles. The highest BCUT2D eigenvalue weighted by Gasteiger charge is 2.23. The van der Waals surface area contributed by atoms with Crippen molar-refractivity contribution >= 4 is 23.0 Å². The van der Waals surface area contributed by atoms with Gasteiger partial charge >= 0.3 is 0 Å². The first-order chi connectivity index (χ1) is 11.2. The van der Waals surface area contributed by atoms with E-state index in [4.69, 9.17) is 5.73 Å². The number of nitro benzene ring substituents is 1. The molecule has 24 heavy (non-hydrogen) atoms. The molecule has 2 rings (SSSR count). The zero-order valence-electron chi connectivity index (χ0n) is 14.2. The van der Waals surface area contributed by atoms with Gasteiger partial charge in [-0.25, -0.2) is 0 Å². The number of hydrogen-bond donors (Lipinski definition) is 1. The van der Waals surface area contributed by atoms with Gasteiger partial charge in [-0.15, -0.1) is 0 Å². The predicted molar refractivity (Wildman–Crippen MR) is 95.5 cm³/mol. The van der Waals surface area contributed by atoms with Crippen molar-refractivity contribution in [3.8, 4) is 0 Å². The highest BCUT2D eigenvalue weighted by atomic mass is 16.6. The number of rotatable bonds is 4. The van der Waals surface area contributed by atoms with Gasteiger partial charge in [0.1, 0.15) is 5.69 Å². The molecular weight excluding hydrogens is 306 g/mol. The molecule has 0 aliphatic carbocycles. The molecule has 0 unspecified atom stereocenters. The maximum Gasteiger partial charge on any atom is 0.293 e. The largest absolute Gasteiger partial charge is 0.393 e. The summed E-state index contributed by atoms with van der Waals surface area (Å²) in [7, 11) is 1.63. The smallest absolute Gasteiger partial charge is 0.293 e. The number of benzene rings is 2.